The molecule has 1 aromatic heterocycles. The number of sulfonamides is 1. The Morgan fingerprint density at radius 3 is 1.81 bits per heavy atom. The van der Waals surface area contributed by atoms with Crippen LogP contribution in [0.25, 0.3) is 0 Å². The van der Waals surface area contributed by atoms with Crippen LogP contribution in [0, 0.1) is 0 Å². The number of anilines is 3. The van der Waals surface area contributed by atoms with Crippen LogP contribution in [0.2, 0.25) is 0 Å². The number of alkyl halides is 3. The van der Waals surface area contributed by atoms with E-state index in [2.05, 4.69) is 22.2 Å². The summed E-state index contributed by atoms with van der Waals surface area (Å²) in [5, 5.41) is 3.00. The van der Waals surface area contributed by atoms with Crippen molar-refractivity contribution in [2.75, 3.05) is 42.1 Å². The smallest absolute Gasteiger partial charge is 0.354 e. The highest BCUT2D eigenvalue weighted by molar-refractivity contribution is 7.89. The van der Waals surface area contributed by atoms with Gasteiger partial charge in [0.25, 0.3) is 0 Å². The molecule has 3 rings (SSSR count). The van der Waals surface area contributed by atoms with Crippen LogP contribution in [-0.4, -0.2) is 54.6 Å². The number of benzene rings is 1. The number of halogens is 3. The Morgan fingerprint density at radius 1 is 0.762 bits per heavy atom. The summed E-state index contributed by atoms with van der Waals surface area (Å²) < 4.78 is 65.8. The first kappa shape index (κ1) is 34.1. The molecule has 236 valence electrons. The highest BCUT2D eigenvalue weighted by Gasteiger charge is 2.30. The number of nitrogens with zero attached hydrogens (tertiary/aromatic N) is 4. The van der Waals surface area contributed by atoms with E-state index >= 15 is 0 Å². The average molecular weight is 612 g/mol. The van der Waals surface area contributed by atoms with Crippen molar-refractivity contribution in [3.8, 4) is 0 Å². The van der Waals surface area contributed by atoms with Gasteiger partial charge in [-0.1, -0.05) is 90.4 Å². The lowest BCUT2D eigenvalue weighted by atomic mass is 10.0. The summed E-state index contributed by atoms with van der Waals surface area (Å²) in [4.78, 5) is 10.5. The van der Waals surface area contributed by atoms with Gasteiger partial charge in [-0.05, 0) is 30.7 Å². The van der Waals surface area contributed by atoms with E-state index in [9.17, 15) is 21.6 Å². The summed E-state index contributed by atoms with van der Waals surface area (Å²) in [6.45, 7) is 4.06. The van der Waals surface area contributed by atoms with Gasteiger partial charge in [-0.25, -0.2) is 18.4 Å². The standard InChI is InChI=1S/C31H48F3N5O2S/c1-2-3-4-5-6-7-8-9-10-11-12-13-14-15-24-42(40,41)39-22-20-38(21-23-39)30-25-29(35-26-36-30)37-28-18-16-27(17-19-28)31(32,33)34/h16-19,25-26H,2-15,20-24H2,1H3,(H,35,36,37). The van der Waals surface area contributed by atoms with Crippen LogP contribution in [0.5, 0.6) is 0 Å². The molecule has 7 nitrogen and oxygen atoms in total. The number of hydrogen-bond acceptors (Lipinski definition) is 6. The second-order valence-corrected chi connectivity index (χ2v) is 13.3. The van der Waals surface area contributed by atoms with Gasteiger partial charge in [0.05, 0.1) is 11.3 Å². The molecule has 2 heterocycles. The fourth-order valence-corrected chi connectivity index (χ4v) is 6.83. The van der Waals surface area contributed by atoms with Crippen molar-refractivity contribution in [1.82, 2.24) is 14.3 Å². The van der Waals surface area contributed by atoms with Crippen molar-refractivity contribution in [3.05, 3.63) is 42.2 Å². The van der Waals surface area contributed by atoms with E-state index in [-0.39, 0.29) is 5.75 Å². The molecule has 2 aromatic rings. The van der Waals surface area contributed by atoms with E-state index < -0.39 is 21.8 Å². The molecule has 0 radical (unpaired) electrons. The lowest BCUT2D eigenvalue weighted by Gasteiger charge is -2.34. The van der Waals surface area contributed by atoms with Gasteiger partial charge in [-0.3, -0.25) is 0 Å². The SMILES string of the molecule is CCCCCCCCCCCCCCCCS(=O)(=O)N1CCN(c2cc(Nc3ccc(C(F)(F)F)cc3)ncn2)CC1. The monoisotopic (exact) mass is 611 g/mol. The first-order valence-electron chi connectivity index (χ1n) is 15.7. The summed E-state index contributed by atoms with van der Waals surface area (Å²) in [5.74, 6) is 1.29. The minimum absolute atomic E-state index is 0.194. The topological polar surface area (TPSA) is 78.4 Å². The Kier molecular flexibility index (Phi) is 14.3. The molecule has 0 unspecified atom stereocenters. The average Bonchev–Trinajstić information content (AvgIpc) is 2.97. The normalized spacial score (nSPS) is 14.8. The molecule has 1 aromatic carbocycles. The van der Waals surface area contributed by atoms with Crippen molar-refractivity contribution in [1.29, 1.82) is 0 Å². The maximum absolute atomic E-state index is 12.9. The van der Waals surface area contributed by atoms with E-state index in [0.717, 1.165) is 25.0 Å². The maximum atomic E-state index is 12.9. The quantitative estimate of drug-likeness (QED) is 0.162. The molecule has 1 aliphatic rings. The number of piperazine rings is 1. The minimum Gasteiger partial charge on any atom is -0.354 e. The first-order chi connectivity index (χ1) is 20.2. The molecule has 1 N–H and O–H groups in total. The first-order valence-corrected chi connectivity index (χ1v) is 17.3. The van der Waals surface area contributed by atoms with Crippen LogP contribution in [0.4, 0.5) is 30.5 Å². The van der Waals surface area contributed by atoms with Gasteiger partial charge in [0.1, 0.15) is 18.0 Å². The largest absolute Gasteiger partial charge is 0.416 e. The molecule has 0 atom stereocenters. The van der Waals surface area contributed by atoms with Gasteiger partial charge < -0.3 is 10.2 Å². The Bertz CT molecular complexity index is 1140. The van der Waals surface area contributed by atoms with Crippen LogP contribution in [0.1, 0.15) is 102 Å². The number of rotatable bonds is 19. The molecule has 0 amide bonds. The molecule has 1 saturated heterocycles. The third-order valence-electron chi connectivity index (χ3n) is 7.85. The maximum Gasteiger partial charge on any atom is 0.416 e. The fourth-order valence-electron chi connectivity index (χ4n) is 5.28. The zero-order chi connectivity index (χ0) is 30.3. The van der Waals surface area contributed by atoms with Crippen LogP contribution in [0.3, 0.4) is 0 Å². The van der Waals surface area contributed by atoms with Gasteiger partial charge in [-0.2, -0.15) is 17.5 Å². The van der Waals surface area contributed by atoms with E-state index in [1.807, 2.05) is 4.90 Å². The Balaban J connectivity index is 1.30. The number of nitrogens with one attached hydrogen (secondary N) is 1. The number of unbranched alkanes of at least 4 members (excludes halogenated alkanes) is 13. The molecular weight excluding hydrogens is 563 g/mol. The predicted octanol–water partition coefficient (Wildman–Crippen LogP) is 8.17. The van der Waals surface area contributed by atoms with Crippen molar-refractivity contribution < 1.29 is 21.6 Å². The van der Waals surface area contributed by atoms with Gasteiger partial charge >= 0.3 is 6.18 Å². The molecule has 0 aliphatic carbocycles. The Hall–Kier alpha value is -2.40. The van der Waals surface area contributed by atoms with E-state index in [1.54, 1.807) is 10.4 Å². The highest BCUT2D eigenvalue weighted by atomic mass is 32.2. The van der Waals surface area contributed by atoms with Gasteiger partial charge in [0.2, 0.25) is 10.0 Å². The molecule has 11 heteroatoms. The van der Waals surface area contributed by atoms with E-state index in [4.69, 9.17) is 0 Å². The van der Waals surface area contributed by atoms with E-state index in [0.29, 0.717) is 49.9 Å². The summed E-state index contributed by atoms with van der Waals surface area (Å²) in [5.41, 5.74) is -0.236. The third-order valence-corrected chi connectivity index (χ3v) is 9.81. The lowest BCUT2D eigenvalue weighted by Crippen LogP contribution is -2.49. The summed E-state index contributed by atoms with van der Waals surface area (Å²) in [7, 11) is -3.29. The predicted molar refractivity (Wildman–Crippen MR) is 165 cm³/mol. The summed E-state index contributed by atoms with van der Waals surface area (Å²) in [6.07, 6.45) is 14.3. The van der Waals surface area contributed by atoms with Gasteiger partial charge in [0, 0.05) is 37.9 Å². The molecule has 42 heavy (non-hydrogen) atoms. The van der Waals surface area contributed by atoms with Crippen molar-refractivity contribution in [3.63, 3.8) is 0 Å². The highest BCUT2D eigenvalue weighted by Crippen LogP contribution is 2.30. The van der Waals surface area contributed by atoms with Gasteiger partial charge in [0.15, 0.2) is 0 Å². The molecule has 1 fully saturated rings. The van der Waals surface area contributed by atoms with Crippen molar-refractivity contribution in [2.24, 2.45) is 0 Å². The van der Waals surface area contributed by atoms with Crippen molar-refractivity contribution >= 4 is 27.3 Å². The summed E-state index contributed by atoms with van der Waals surface area (Å²) >= 11 is 0. The zero-order valence-corrected chi connectivity index (χ0v) is 25.9. The molecular formula is C31H48F3N5O2S. The molecule has 1 aliphatic heterocycles. The van der Waals surface area contributed by atoms with Crippen LogP contribution in [0.15, 0.2) is 36.7 Å². The zero-order valence-electron chi connectivity index (χ0n) is 25.0. The number of aromatic nitrogens is 2. The molecule has 0 spiro atoms. The summed E-state index contributed by atoms with van der Waals surface area (Å²) in [6, 6.07) is 6.46. The Labute approximate surface area is 250 Å². The van der Waals surface area contributed by atoms with Crippen LogP contribution in [-0.2, 0) is 16.2 Å². The third kappa shape index (κ3) is 12.1. The minimum atomic E-state index is -4.39. The van der Waals surface area contributed by atoms with Crippen molar-refractivity contribution in [2.45, 2.75) is 103 Å². The van der Waals surface area contributed by atoms with Crippen LogP contribution < -0.4 is 10.2 Å². The second-order valence-electron chi connectivity index (χ2n) is 11.3. The van der Waals surface area contributed by atoms with Crippen LogP contribution >= 0.6 is 0 Å². The second kappa shape index (κ2) is 17.7. The van der Waals surface area contributed by atoms with E-state index in [1.165, 1.54) is 89.1 Å². The van der Waals surface area contributed by atoms with Gasteiger partial charge in [-0.15, -0.1) is 0 Å². The molecule has 0 bridgehead atoms. The lowest BCUT2D eigenvalue weighted by molar-refractivity contribution is -0.137. The number of hydrogen-bond donors (Lipinski definition) is 1. The fraction of sp³-hybridized carbons (Fsp3) is 0.677. The molecule has 0 saturated carbocycles. The Morgan fingerprint density at radius 2 is 1.29 bits per heavy atom.